The van der Waals surface area contributed by atoms with Crippen molar-refractivity contribution in [3.63, 3.8) is 0 Å². The highest BCUT2D eigenvalue weighted by atomic mass is 32.1. The molecule has 0 saturated heterocycles. The van der Waals surface area contributed by atoms with Crippen LogP contribution in [0.1, 0.15) is 18.9 Å². The van der Waals surface area contributed by atoms with E-state index >= 15 is 0 Å². The van der Waals surface area contributed by atoms with Gasteiger partial charge in [0.2, 0.25) is 0 Å². The number of aryl methyl sites for hydroxylation is 1. The summed E-state index contributed by atoms with van der Waals surface area (Å²) >= 11 is 1.65. The lowest BCUT2D eigenvalue weighted by molar-refractivity contribution is -0.137. The number of hydrogen-bond donors (Lipinski definition) is 2. The largest absolute Gasteiger partial charge is 0.481 e. The first-order chi connectivity index (χ1) is 6.59. The van der Waals surface area contributed by atoms with E-state index < -0.39 is 5.97 Å². The maximum absolute atomic E-state index is 10.4. The zero-order valence-electron chi connectivity index (χ0n) is 8.41. The zero-order chi connectivity index (χ0) is 10.6. The van der Waals surface area contributed by atoms with Gasteiger partial charge in [0.05, 0.1) is 5.00 Å². The second-order valence-electron chi connectivity index (χ2n) is 3.52. The molecular formula is C10H15NO2S. The molecule has 1 rings (SSSR count). The third-order valence-corrected chi connectivity index (χ3v) is 2.97. The van der Waals surface area contributed by atoms with Gasteiger partial charge in [-0.1, -0.05) is 6.92 Å². The molecule has 0 spiro atoms. The smallest absolute Gasteiger partial charge is 0.303 e. The summed E-state index contributed by atoms with van der Waals surface area (Å²) in [5.74, 6) is -0.573. The van der Waals surface area contributed by atoms with Gasteiger partial charge in [-0.15, -0.1) is 11.3 Å². The van der Waals surface area contributed by atoms with Crippen molar-refractivity contribution < 1.29 is 9.90 Å². The highest BCUT2D eigenvalue weighted by Crippen LogP contribution is 2.22. The third-order valence-electron chi connectivity index (χ3n) is 2.00. The summed E-state index contributed by atoms with van der Waals surface area (Å²) in [6, 6.07) is 2.05. The van der Waals surface area contributed by atoms with E-state index in [1.165, 1.54) is 5.56 Å². The van der Waals surface area contributed by atoms with Gasteiger partial charge in [0.25, 0.3) is 0 Å². The average Bonchev–Trinajstić information content (AvgIpc) is 2.46. The molecule has 0 fully saturated rings. The van der Waals surface area contributed by atoms with Crippen LogP contribution in [0.3, 0.4) is 0 Å². The molecule has 14 heavy (non-hydrogen) atoms. The summed E-state index contributed by atoms with van der Waals surface area (Å²) in [7, 11) is 0. The normalized spacial score (nSPS) is 12.4. The van der Waals surface area contributed by atoms with Gasteiger partial charge in [-0.2, -0.15) is 0 Å². The van der Waals surface area contributed by atoms with Crippen LogP contribution in [0.15, 0.2) is 11.4 Å². The number of hydrogen-bond acceptors (Lipinski definition) is 3. The Morgan fingerprint density at radius 3 is 2.93 bits per heavy atom. The van der Waals surface area contributed by atoms with Crippen LogP contribution in [-0.2, 0) is 4.79 Å². The van der Waals surface area contributed by atoms with Crippen LogP contribution in [0.25, 0.3) is 0 Å². The molecule has 0 aromatic carbocycles. The molecule has 3 nitrogen and oxygen atoms in total. The van der Waals surface area contributed by atoms with Crippen molar-refractivity contribution in [3.05, 3.63) is 17.0 Å². The fourth-order valence-corrected chi connectivity index (χ4v) is 2.02. The van der Waals surface area contributed by atoms with Gasteiger partial charge in [-0.3, -0.25) is 4.79 Å². The summed E-state index contributed by atoms with van der Waals surface area (Å²) in [5, 5.41) is 15.0. The minimum absolute atomic E-state index is 0.161. The summed E-state index contributed by atoms with van der Waals surface area (Å²) < 4.78 is 0. The lowest BCUT2D eigenvalue weighted by atomic mass is 10.1. The van der Waals surface area contributed by atoms with E-state index in [0.717, 1.165) is 5.00 Å². The molecule has 0 bridgehead atoms. The molecule has 0 aliphatic heterocycles. The Morgan fingerprint density at radius 1 is 1.71 bits per heavy atom. The molecule has 0 aliphatic carbocycles. The summed E-state index contributed by atoms with van der Waals surface area (Å²) in [6.07, 6.45) is 0.220. The number of anilines is 1. The number of carboxylic acids is 1. The highest BCUT2D eigenvalue weighted by molar-refractivity contribution is 7.14. The molecule has 2 N–H and O–H groups in total. The molecule has 0 amide bonds. The summed E-state index contributed by atoms with van der Waals surface area (Å²) in [4.78, 5) is 10.4. The summed E-state index contributed by atoms with van der Waals surface area (Å²) in [5.41, 5.74) is 1.22. The molecule has 0 saturated carbocycles. The van der Waals surface area contributed by atoms with Crippen LogP contribution < -0.4 is 5.32 Å². The van der Waals surface area contributed by atoms with Crippen molar-refractivity contribution in [1.82, 2.24) is 0 Å². The van der Waals surface area contributed by atoms with Gasteiger partial charge in [-0.05, 0) is 29.9 Å². The van der Waals surface area contributed by atoms with Crippen molar-refractivity contribution in [1.29, 1.82) is 0 Å². The van der Waals surface area contributed by atoms with Crippen LogP contribution in [0.5, 0.6) is 0 Å². The minimum atomic E-state index is -0.734. The second-order valence-corrected chi connectivity index (χ2v) is 4.43. The quantitative estimate of drug-likeness (QED) is 0.790. The molecule has 4 heteroatoms. The van der Waals surface area contributed by atoms with Crippen molar-refractivity contribution in [2.24, 2.45) is 5.92 Å². The van der Waals surface area contributed by atoms with Crippen molar-refractivity contribution in [2.45, 2.75) is 20.3 Å². The van der Waals surface area contributed by atoms with Crippen molar-refractivity contribution in [2.75, 3.05) is 11.9 Å². The standard InChI is InChI=1S/C10H15NO2S/c1-7(5-9(12)13)6-11-10-8(2)3-4-14-10/h3-4,7,11H,5-6H2,1-2H3,(H,12,13). The van der Waals surface area contributed by atoms with Gasteiger partial charge >= 0.3 is 5.97 Å². The van der Waals surface area contributed by atoms with E-state index in [2.05, 4.69) is 11.4 Å². The number of aliphatic carboxylic acids is 1. The minimum Gasteiger partial charge on any atom is -0.481 e. The maximum Gasteiger partial charge on any atom is 0.303 e. The van der Waals surface area contributed by atoms with E-state index in [-0.39, 0.29) is 12.3 Å². The number of carbonyl (C=O) groups is 1. The van der Waals surface area contributed by atoms with E-state index in [9.17, 15) is 4.79 Å². The van der Waals surface area contributed by atoms with Gasteiger partial charge < -0.3 is 10.4 Å². The Bertz CT molecular complexity index is 309. The van der Waals surface area contributed by atoms with Crippen LogP contribution in [0.4, 0.5) is 5.00 Å². The van der Waals surface area contributed by atoms with Gasteiger partial charge in [0.1, 0.15) is 0 Å². The Balaban J connectivity index is 2.34. The number of carboxylic acid groups (broad SMARTS) is 1. The molecule has 0 radical (unpaired) electrons. The fraction of sp³-hybridized carbons (Fsp3) is 0.500. The number of rotatable bonds is 5. The second kappa shape index (κ2) is 5.00. The van der Waals surface area contributed by atoms with E-state index in [4.69, 9.17) is 5.11 Å². The topological polar surface area (TPSA) is 49.3 Å². The van der Waals surface area contributed by atoms with E-state index in [0.29, 0.717) is 6.54 Å². The first-order valence-electron chi connectivity index (χ1n) is 4.59. The lowest BCUT2D eigenvalue weighted by Gasteiger charge is -2.10. The number of thiophene rings is 1. The van der Waals surface area contributed by atoms with E-state index in [1.807, 2.05) is 19.2 Å². The van der Waals surface area contributed by atoms with Crippen molar-refractivity contribution >= 4 is 22.3 Å². The zero-order valence-corrected chi connectivity index (χ0v) is 9.23. The Morgan fingerprint density at radius 2 is 2.43 bits per heavy atom. The molecule has 1 aromatic rings. The molecule has 0 aliphatic rings. The monoisotopic (exact) mass is 213 g/mol. The molecule has 1 heterocycles. The van der Waals surface area contributed by atoms with Gasteiger partial charge in [-0.25, -0.2) is 0 Å². The van der Waals surface area contributed by atoms with Gasteiger partial charge in [0, 0.05) is 13.0 Å². The highest BCUT2D eigenvalue weighted by Gasteiger charge is 2.07. The first kappa shape index (κ1) is 11.0. The van der Waals surface area contributed by atoms with Crippen LogP contribution in [0.2, 0.25) is 0 Å². The van der Waals surface area contributed by atoms with Gasteiger partial charge in [0.15, 0.2) is 0 Å². The SMILES string of the molecule is Cc1ccsc1NCC(C)CC(=O)O. The average molecular weight is 213 g/mol. The Labute approximate surface area is 87.8 Å². The Kier molecular flexibility index (Phi) is 3.95. The molecule has 1 unspecified atom stereocenters. The van der Waals surface area contributed by atoms with Crippen molar-refractivity contribution in [3.8, 4) is 0 Å². The third kappa shape index (κ3) is 3.38. The van der Waals surface area contributed by atoms with Crippen LogP contribution in [0, 0.1) is 12.8 Å². The van der Waals surface area contributed by atoms with Crippen LogP contribution in [-0.4, -0.2) is 17.6 Å². The van der Waals surface area contributed by atoms with E-state index in [1.54, 1.807) is 11.3 Å². The Hall–Kier alpha value is -1.03. The molecule has 1 aromatic heterocycles. The molecule has 1 atom stereocenters. The maximum atomic E-state index is 10.4. The molecule has 78 valence electrons. The lowest BCUT2D eigenvalue weighted by Crippen LogP contribution is -2.14. The number of nitrogens with one attached hydrogen (secondary N) is 1. The predicted octanol–water partition coefficient (Wildman–Crippen LogP) is 2.58. The van der Waals surface area contributed by atoms with Crippen LogP contribution >= 0.6 is 11.3 Å². The fourth-order valence-electron chi connectivity index (χ4n) is 1.19. The molecular weight excluding hydrogens is 198 g/mol. The first-order valence-corrected chi connectivity index (χ1v) is 5.47. The summed E-state index contributed by atoms with van der Waals surface area (Å²) in [6.45, 7) is 4.69. The predicted molar refractivity (Wildman–Crippen MR) is 59.0 cm³/mol.